The molecule has 2 aliphatic carbocycles. The second-order valence-electron chi connectivity index (χ2n) is 4.25. The highest BCUT2D eigenvalue weighted by molar-refractivity contribution is 6.00. The number of allylic oxidation sites excluding steroid dienone is 2. The molecule has 0 aromatic heterocycles. The molecule has 0 radical (unpaired) electrons. The molecule has 0 aromatic rings. The van der Waals surface area contributed by atoms with Gasteiger partial charge in [0.05, 0.1) is 7.11 Å². The van der Waals surface area contributed by atoms with Crippen LogP contribution in [-0.4, -0.2) is 25.6 Å². The number of hydrogen-bond acceptors (Lipinski definition) is 3. The lowest BCUT2D eigenvalue weighted by molar-refractivity contribution is -0.115. The van der Waals surface area contributed by atoms with Gasteiger partial charge in [0, 0.05) is 25.5 Å². The molecule has 0 saturated carbocycles. The number of carbonyl (C=O) groups is 1. The molecule has 0 saturated heterocycles. The summed E-state index contributed by atoms with van der Waals surface area (Å²) in [6, 6.07) is 0. The second-order valence-corrected chi connectivity index (χ2v) is 4.25. The topological polar surface area (TPSA) is 35.5 Å². The molecule has 0 spiro atoms. The van der Waals surface area contributed by atoms with Gasteiger partial charge in [0.1, 0.15) is 11.4 Å². The first-order valence-corrected chi connectivity index (χ1v) is 5.17. The predicted octanol–water partition coefficient (Wildman–Crippen LogP) is 1.98. The quantitative estimate of drug-likeness (QED) is 0.696. The van der Waals surface area contributed by atoms with Gasteiger partial charge < -0.3 is 9.47 Å². The highest BCUT2D eigenvalue weighted by Gasteiger charge is 2.39. The van der Waals surface area contributed by atoms with Crippen LogP contribution in [0.25, 0.3) is 0 Å². The van der Waals surface area contributed by atoms with Crippen molar-refractivity contribution in [3.63, 3.8) is 0 Å². The third-order valence-electron chi connectivity index (χ3n) is 3.36. The van der Waals surface area contributed by atoms with Crippen LogP contribution in [0.4, 0.5) is 0 Å². The maximum absolute atomic E-state index is 11.6. The van der Waals surface area contributed by atoms with Crippen LogP contribution in [0.5, 0.6) is 0 Å². The molecule has 0 aromatic carbocycles. The Kier molecular flexibility index (Phi) is 2.43. The Balaban J connectivity index is 2.40. The zero-order valence-corrected chi connectivity index (χ0v) is 9.42. The minimum Gasteiger partial charge on any atom is -0.498 e. The third kappa shape index (κ3) is 1.51. The molecule has 15 heavy (non-hydrogen) atoms. The van der Waals surface area contributed by atoms with Crippen molar-refractivity contribution in [1.82, 2.24) is 0 Å². The number of Topliss-reactive ketones (excluding diaryl/α,β-unsaturated/α-hetero) is 1. The molecular weight excluding hydrogens is 192 g/mol. The van der Waals surface area contributed by atoms with Crippen LogP contribution in [0.3, 0.4) is 0 Å². The molecule has 3 nitrogen and oxygen atoms in total. The minimum absolute atomic E-state index is 0.264. The van der Waals surface area contributed by atoms with E-state index in [9.17, 15) is 4.79 Å². The van der Waals surface area contributed by atoms with Gasteiger partial charge in [-0.3, -0.25) is 4.79 Å². The van der Waals surface area contributed by atoms with E-state index < -0.39 is 5.60 Å². The summed E-state index contributed by atoms with van der Waals surface area (Å²) in [7, 11) is 3.29. The van der Waals surface area contributed by atoms with Crippen molar-refractivity contribution in [3.05, 3.63) is 23.0 Å². The largest absolute Gasteiger partial charge is 0.498 e. The maximum atomic E-state index is 11.6. The molecule has 0 heterocycles. The van der Waals surface area contributed by atoms with E-state index in [1.165, 1.54) is 0 Å². The Morgan fingerprint density at radius 2 is 2.07 bits per heavy atom. The van der Waals surface area contributed by atoms with E-state index in [1.54, 1.807) is 14.2 Å². The van der Waals surface area contributed by atoms with Crippen molar-refractivity contribution in [3.8, 4) is 0 Å². The van der Waals surface area contributed by atoms with Crippen molar-refractivity contribution in [2.45, 2.75) is 31.8 Å². The van der Waals surface area contributed by atoms with Crippen LogP contribution >= 0.6 is 0 Å². The van der Waals surface area contributed by atoms with Gasteiger partial charge in [0.2, 0.25) is 0 Å². The van der Waals surface area contributed by atoms with Crippen molar-refractivity contribution < 1.29 is 14.3 Å². The van der Waals surface area contributed by atoms with E-state index >= 15 is 0 Å². The average Bonchev–Trinajstić information content (AvgIpc) is 2.59. The first kappa shape index (κ1) is 10.4. The van der Waals surface area contributed by atoms with Crippen molar-refractivity contribution >= 4 is 5.78 Å². The Morgan fingerprint density at radius 3 is 2.67 bits per heavy atom. The maximum Gasteiger partial charge on any atom is 0.159 e. The number of methoxy groups -OCH3 is 2. The third-order valence-corrected chi connectivity index (χ3v) is 3.36. The van der Waals surface area contributed by atoms with E-state index in [0.29, 0.717) is 12.8 Å². The van der Waals surface area contributed by atoms with E-state index in [-0.39, 0.29) is 5.78 Å². The summed E-state index contributed by atoms with van der Waals surface area (Å²) in [6.45, 7) is 1.96. The zero-order valence-electron chi connectivity index (χ0n) is 9.42. The zero-order chi connectivity index (χ0) is 11.1. The summed E-state index contributed by atoms with van der Waals surface area (Å²) < 4.78 is 10.8. The molecule has 2 aliphatic rings. The fourth-order valence-corrected chi connectivity index (χ4v) is 2.28. The molecule has 0 N–H and O–H groups in total. The predicted molar refractivity (Wildman–Crippen MR) is 56.4 cm³/mol. The summed E-state index contributed by atoms with van der Waals surface area (Å²) in [6.07, 6.45) is 4.09. The SMILES string of the molecule is COC1=CC2=C(CC1(C)OC)C(=O)CC2. The lowest BCUT2D eigenvalue weighted by atomic mass is 9.86. The van der Waals surface area contributed by atoms with Crippen LogP contribution in [0.15, 0.2) is 23.0 Å². The molecule has 0 fully saturated rings. The van der Waals surface area contributed by atoms with Gasteiger partial charge in [0.25, 0.3) is 0 Å². The van der Waals surface area contributed by atoms with Gasteiger partial charge in [-0.05, 0) is 25.0 Å². The molecular formula is C12H16O3. The Labute approximate surface area is 89.8 Å². The normalized spacial score (nSPS) is 30.3. The fourth-order valence-electron chi connectivity index (χ4n) is 2.28. The summed E-state index contributed by atoms with van der Waals surface area (Å²) in [5.74, 6) is 1.08. The van der Waals surface area contributed by atoms with Gasteiger partial charge in [-0.1, -0.05) is 0 Å². The van der Waals surface area contributed by atoms with Gasteiger partial charge in [-0.25, -0.2) is 0 Å². The van der Waals surface area contributed by atoms with Crippen molar-refractivity contribution in [2.75, 3.05) is 14.2 Å². The molecule has 2 rings (SSSR count). The van der Waals surface area contributed by atoms with Gasteiger partial charge >= 0.3 is 0 Å². The number of carbonyl (C=O) groups excluding carboxylic acids is 1. The molecule has 1 unspecified atom stereocenters. The molecule has 1 atom stereocenters. The van der Waals surface area contributed by atoms with Crippen LogP contribution in [0.2, 0.25) is 0 Å². The Hall–Kier alpha value is -1.09. The first-order valence-electron chi connectivity index (χ1n) is 5.17. The first-order chi connectivity index (χ1) is 7.10. The lowest BCUT2D eigenvalue weighted by Gasteiger charge is -2.33. The Morgan fingerprint density at radius 1 is 1.33 bits per heavy atom. The monoisotopic (exact) mass is 208 g/mol. The van der Waals surface area contributed by atoms with Gasteiger partial charge in [-0.2, -0.15) is 0 Å². The summed E-state index contributed by atoms with van der Waals surface area (Å²) in [5.41, 5.74) is 1.58. The fraction of sp³-hybridized carbons (Fsp3) is 0.583. The minimum atomic E-state index is -0.479. The van der Waals surface area contributed by atoms with E-state index in [0.717, 1.165) is 23.3 Å². The molecule has 3 heteroatoms. The van der Waals surface area contributed by atoms with Gasteiger partial charge in [0.15, 0.2) is 5.78 Å². The highest BCUT2D eigenvalue weighted by Crippen LogP contribution is 2.40. The standard InChI is InChI=1S/C12H16O3/c1-12(15-3)7-9-8(4-5-10(9)13)6-11(12)14-2/h6H,4-5,7H2,1-3H3. The van der Waals surface area contributed by atoms with Crippen LogP contribution in [0.1, 0.15) is 26.2 Å². The van der Waals surface area contributed by atoms with E-state index in [4.69, 9.17) is 9.47 Å². The number of ketones is 1. The van der Waals surface area contributed by atoms with Gasteiger partial charge in [-0.15, -0.1) is 0 Å². The molecule has 0 amide bonds. The van der Waals surface area contributed by atoms with Crippen LogP contribution in [-0.2, 0) is 14.3 Å². The number of rotatable bonds is 2. The summed E-state index contributed by atoms with van der Waals surface area (Å²) in [4.78, 5) is 11.6. The molecule has 82 valence electrons. The van der Waals surface area contributed by atoms with Crippen molar-refractivity contribution in [1.29, 1.82) is 0 Å². The highest BCUT2D eigenvalue weighted by atomic mass is 16.5. The lowest BCUT2D eigenvalue weighted by Crippen LogP contribution is -2.34. The summed E-state index contributed by atoms with van der Waals surface area (Å²) in [5, 5.41) is 0. The molecule has 0 bridgehead atoms. The molecule has 0 aliphatic heterocycles. The summed E-state index contributed by atoms with van der Waals surface area (Å²) >= 11 is 0. The number of ether oxygens (including phenoxy) is 2. The van der Waals surface area contributed by atoms with Crippen LogP contribution < -0.4 is 0 Å². The second kappa shape index (κ2) is 3.49. The van der Waals surface area contributed by atoms with E-state index in [1.807, 2.05) is 13.0 Å². The number of hydrogen-bond donors (Lipinski definition) is 0. The van der Waals surface area contributed by atoms with Crippen LogP contribution in [0, 0.1) is 0 Å². The Bertz CT molecular complexity index is 365. The average molecular weight is 208 g/mol. The van der Waals surface area contributed by atoms with E-state index in [2.05, 4.69) is 0 Å². The van der Waals surface area contributed by atoms with Crippen molar-refractivity contribution in [2.24, 2.45) is 0 Å². The smallest absolute Gasteiger partial charge is 0.159 e.